The molecule has 4 nitrogen and oxygen atoms in total. The lowest BCUT2D eigenvalue weighted by Gasteiger charge is -2.05. The first-order chi connectivity index (χ1) is 9.71. The predicted octanol–water partition coefficient (Wildman–Crippen LogP) is 3.00. The van der Waals surface area contributed by atoms with Crippen molar-refractivity contribution in [3.8, 4) is 5.75 Å². The van der Waals surface area contributed by atoms with Crippen LogP contribution in [0.15, 0.2) is 29.6 Å². The van der Waals surface area contributed by atoms with E-state index in [0.29, 0.717) is 0 Å². The van der Waals surface area contributed by atoms with Gasteiger partial charge in [-0.05, 0) is 24.1 Å². The lowest BCUT2D eigenvalue weighted by atomic mass is 10.2. The zero-order valence-electron chi connectivity index (χ0n) is 11.6. The van der Waals surface area contributed by atoms with Gasteiger partial charge in [0.25, 0.3) is 0 Å². The number of esters is 1. The van der Waals surface area contributed by atoms with E-state index in [1.54, 1.807) is 18.4 Å². The highest BCUT2D eigenvalue weighted by Crippen LogP contribution is 2.13. The molecule has 1 aromatic carbocycles. The molecule has 0 N–H and O–H groups in total. The molecule has 0 radical (unpaired) electrons. The van der Waals surface area contributed by atoms with Gasteiger partial charge in [0, 0.05) is 5.38 Å². The quantitative estimate of drug-likeness (QED) is 0.768. The number of nitrogens with zero attached hydrogens (tertiary/aromatic N) is 1. The number of hydrogen-bond donors (Lipinski definition) is 0. The first-order valence-electron chi connectivity index (χ1n) is 6.43. The molecule has 1 heterocycles. The summed E-state index contributed by atoms with van der Waals surface area (Å²) in [5.74, 6) is 0.531. The minimum atomic E-state index is -0.256. The number of carbonyl (C=O) groups is 1. The van der Waals surface area contributed by atoms with Crippen molar-refractivity contribution in [3.63, 3.8) is 0 Å². The van der Waals surface area contributed by atoms with E-state index >= 15 is 0 Å². The molecule has 20 heavy (non-hydrogen) atoms. The van der Waals surface area contributed by atoms with E-state index in [4.69, 9.17) is 9.47 Å². The Balaban J connectivity index is 1.82. The van der Waals surface area contributed by atoms with Crippen LogP contribution in [0.4, 0.5) is 0 Å². The van der Waals surface area contributed by atoms with Gasteiger partial charge in [-0.3, -0.25) is 4.79 Å². The number of rotatable bonds is 6. The van der Waals surface area contributed by atoms with Crippen LogP contribution in [-0.2, 0) is 29.0 Å². The molecule has 2 aromatic rings. The highest BCUT2D eigenvalue weighted by atomic mass is 32.1. The van der Waals surface area contributed by atoms with E-state index in [2.05, 4.69) is 4.98 Å². The Kier molecular flexibility index (Phi) is 5.12. The number of aryl methyl sites for hydroxylation is 1. The number of carbonyl (C=O) groups excluding carboxylic acids is 1. The average molecular weight is 291 g/mol. The van der Waals surface area contributed by atoms with Crippen molar-refractivity contribution < 1.29 is 14.3 Å². The molecule has 0 aliphatic rings. The Bertz CT molecular complexity index is 563. The van der Waals surface area contributed by atoms with Gasteiger partial charge in [0.05, 0.1) is 24.2 Å². The van der Waals surface area contributed by atoms with Crippen LogP contribution in [0.1, 0.15) is 23.2 Å². The molecule has 0 atom stereocenters. The Hall–Kier alpha value is -1.88. The minimum absolute atomic E-state index is 0.229. The normalized spacial score (nSPS) is 10.3. The molecule has 5 heteroatoms. The maximum absolute atomic E-state index is 11.7. The topological polar surface area (TPSA) is 48.4 Å². The van der Waals surface area contributed by atoms with Crippen molar-refractivity contribution in [1.82, 2.24) is 4.98 Å². The van der Waals surface area contributed by atoms with E-state index in [1.165, 1.54) is 0 Å². The summed E-state index contributed by atoms with van der Waals surface area (Å²) in [5, 5.41) is 2.95. The third-order valence-electron chi connectivity index (χ3n) is 2.79. The average Bonchev–Trinajstić information content (AvgIpc) is 2.93. The Morgan fingerprint density at radius 1 is 1.30 bits per heavy atom. The van der Waals surface area contributed by atoms with Gasteiger partial charge in [0.15, 0.2) is 0 Å². The summed E-state index contributed by atoms with van der Waals surface area (Å²) >= 11 is 1.58. The zero-order valence-corrected chi connectivity index (χ0v) is 12.4. The second kappa shape index (κ2) is 7.05. The van der Waals surface area contributed by atoms with E-state index < -0.39 is 0 Å². The molecule has 2 rings (SSSR count). The van der Waals surface area contributed by atoms with Crippen molar-refractivity contribution in [3.05, 3.63) is 45.9 Å². The molecule has 0 bridgehead atoms. The standard InChI is InChI=1S/C15H17NO3S/c1-3-14-16-12(10-20-14)8-15(17)19-9-11-4-6-13(18-2)7-5-11/h4-7,10H,3,8-9H2,1-2H3. The van der Waals surface area contributed by atoms with Crippen LogP contribution in [-0.4, -0.2) is 18.1 Å². The van der Waals surface area contributed by atoms with Crippen LogP contribution in [0.2, 0.25) is 0 Å². The summed E-state index contributed by atoms with van der Waals surface area (Å²) in [7, 11) is 1.62. The predicted molar refractivity (Wildman–Crippen MR) is 78.0 cm³/mol. The fraction of sp³-hybridized carbons (Fsp3) is 0.333. The fourth-order valence-corrected chi connectivity index (χ4v) is 2.42. The van der Waals surface area contributed by atoms with Crippen LogP contribution >= 0.6 is 11.3 Å². The maximum atomic E-state index is 11.7. The third-order valence-corrected chi connectivity index (χ3v) is 3.83. The summed E-state index contributed by atoms with van der Waals surface area (Å²) < 4.78 is 10.3. The number of methoxy groups -OCH3 is 1. The number of thiazole rings is 1. The molecule has 1 aromatic heterocycles. The zero-order chi connectivity index (χ0) is 14.4. The van der Waals surface area contributed by atoms with E-state index in [-0.39, 0.29) is 19.0 Å². The third kappa shape index (κ3) is 4.06. The Morgan fingerprint density at radius 2 is 2.05 bits per heavy atom. The van der Waals surface area contributed by atoms with E-state index in [1.807, 2.05) is 36.6 Å². The molecule has 106 valence electrons. The van der Waals surface area contributed by atoms with Gasteiger partial charge in [-0.1, -0.05) is 19.1 Å². The molecule has 0 fully saturated rings. The molecule has 0 unspecified atom stereocenters. The second-order valence-electron chi connectivity index (χ2n) is 4.27. The molecular weight excluding hydrogens is 274 g/mol. The Morgan fingerprint density at radius 3 is 2.65 bits per heavy atom. The lowest BCUT2D eigenvalue weighted by Crippen LogP contribution is -2.08. The van der Waals surface area contributed by atoms with Gasteiger partial charge >= 0.3 is 5.97 Å². The van der Waals surface area contributed by atoms with Gasteiger partial charge in [-0.25, -0.2) is 4.98 Å². The summed E-state index contributed by atoms with van der Waals surface area (Å²) in [6.07, 6.45) is 1.12. The van der Waals surface area contributed by atoms with E-state index in [0.717, 1.165) is 28.4 Å². The van der Waals surface area contributed by atoms with Gasteiger partial charge in [0.1, 0.15) is 12.4 Å². The summed E-state index contributed by atoms with van der Waals surface area (Å²) in [6, 6.07) is 7.45. The first kappa shape index (κ1) is 14.5. The van der Waals surface area contributed by atoms with Gasteiger partial charge in [0.2, 0.25) is 0 Å². The summed E-state index contributed by atoms with van der Waals surface area (Å²) in [5.41, 5.74) is 1.72. The number of ether oxygens (including phenoxy) is 2. The lowest BCUT2D eigenvalue weighted by molar-refractivity contribution is -0.144. The van der Waals surface area contributed by atoms with Crippen molar-refractivity contribution >= 4 is 17.3 Å². The van der Waals surface area contributed by atoms with Crippen molar-refractivity contribution in [2.45, 2.75) is 26.4 Å². The van der Waals surface area contributed by atoms with Crippen LogP contribution < -0.4 is 4.74 Å². The highest BCUT2D eigenvalue weighted by molar-refractivity contribution is 7.09. The molecular formula is C15H17NO3S. The van der Waals surface area contributed by atoms with Crippen molar-refractivity contribution in [1.29, 1.82) is 0 Å². The molecule has 0 aliphatic carbocycles. The van der Waals surface area contributed by atoms with Crippen molar-refractivity contribution in [2.24, 2.45) is 0 Å². The van der Waals surface area contributed by atoms with E-state index in [9.17, 15) is 4.79 Å². The number of hydrogen-bond acceptors (Lipinski definition) is 5. The molecule has 0 saturated heterocycles. The highest BCUT2D eigenvalue weighted by Gasteiger charge is 2.08. The Labute approximate surface area is 122 Å². The van der Waals surface area contributed by atoms with Gasteiger partial charge in [-0.2, -0.15) is 0 Å². The first-order valence-corrected chi connectivity index (χ1v) is 7.31. The summed E-state index contributed by atoms with van der Waals surface area (Å²) in [6.45, 7) is 2.32. The monoisotopic (exact) mass is 291 g/mol. The molecule has 0 aliphatic heterocycles. The molecule has 0 amide bonds. The SMILES string of the molecule is CCc1nc(CC(=O)OCc2ccc(OC)cc2)cs1. The largest absolute Gasteiger partial charge is 0.497 e. The number of aromatic nitrogens is 1. The van der Waals surface area contributed by atoms with Crippen LogP contribution in [0.5, 0.6) is 5.75 Å². The minimum Gasteiger partial charge on any atom is -0.497 e. The van der Waals surface area contributed by atoms with Crippen LogP contribution in [0.25, 0.3) is 0 Å². The van der Waals surface area contributed by atoms with Gasteiger partial charge in [-0.15, -0.1) is 11.3 Å². The van der Waals surface area contributed by atoms with Crippen LogP contribution in [0, 0.1) is 0 Å². The van der Waals surface area contributed by atoms with Gasteiger partial charge < -0.3 is 9.47 Å². The smallest absolute Gasteiger partial charge is 0.312 e. The second-order valence-corrected chi connectivity index (χ2v) is 5.21. The molecule has 0 spiro atoms. The number of benzene rings is 1. The fourth-order valence-electron chi connectivity index (χ4n) is 1.68. The summed E-state index contributed by atoms with van der Waals surface area (Å²) in [4.78, 5) is 16.1. The maximum Gasteiger partial charge on any atom is 0.312 e. The molecule has 0 saturated carbocycles. The van der Waals surface area contributed by atoms with Crippen molar-refractivity contribution in [2.75, 3.05) is 7.11 Å². The van der Waals surface area contributed by atoms with Crippen LogP contribution in [0.3, 0.4) is 0 Å².